The lowest BCUT2D eigenvalue weighted by molar-refractivity contribution is -0.135. The van der Waals surface area contributed by atoms with Crippen LogP contribution >= 0.6 is 0 Å². The summed E-state index contributed by atoms with van der Waals surface area (Å²) in [6.45, 7) is 3.95. The molecule has 0 radical (unpaired) electrons. The fraction of sp³-hybridized carbons (Fsp3) is 0.240. The Bertz CT molecular complexity index is 1500. The summed E-state index contributed by atoms with van der Waals surface area (Å²) in [6.07, 6.45) is 1.67. The molecule has 0 saturated carbocycles. The van der Waals surface area contributed by atoms with Crippen LogP contribution in [-0.2, 0) is 4.79 Å². The van der Waals surface area contributed by atoms with E-state index in [1.54, 1.807) is 23.0 Å². The van der Waals surface area contributed by atoms with Crippen molar-refractivity contribution in [1.82, 2.24) is 9.78 Å². The molecule has 5 rings (SSSR count). The topological polar surface area (TPSA) is 124 Å². The van der Waals surface area contributed by atoms with Gasteiger partial charge in [0.15, 0.2) is 16.9 Å². The molecule has 0 bridgehead atoms. The van der Waals surface area contributed by atoms with E-state index in [2.05, 4.69) is 5.10 Å². The molecule has 1 unspecified atom stereocenters. The zero-order valence-corrected chi connectivity index (χ0v) is 18.7. The first kappa shape index (κ1) is 21.6. The molecule has 0 amide bonds. The number of carbonyl (C=O) groups excluding carboxylic acids is 1. The fourth-order valence-electron chi connectivity index (χ4n) is 4.43. The van der Waals surface area contributed by atoms with E-state index in [1.165, 1.54) is 25.3 Å². The van der Waals surface area contributed by atoms with Crippen LogP contribution in [0.5, 0.6) is 23.0 Å². The minimum atomic E-state index is -0.507. The SMILES string of the molecule is COc1ccc(-c2cc(=O)c3c(O)cc4c(c3o2)C(c2ccnn2C(C)C)CC(=O)O4)cc1O. The summed E-state index contributed by atoms with van der Waals surface area (Å²) in [5.41, 5.74) is 1.31. The molecule has 9 heteroatoms. The molecule has 0 aliphatic carbocycles. The van der Waals surface area contributed by atoms with Crippen molar-refractivity contribution in [3.8, 4) is 34.3 Å². The van der Waals surface area contributed by atoms with Crippen molar-refractivity contribution >= 4 is 16.9 Å². The summed E-state index contributed by atoms with van der Waals surface area (Å²) < 4.78 is 18.5. The smallest absolute Gasteiger partial charge is 0.312 e. The van der Waals surface area contributed by atoms with E-state index in [9.17, 15) is 19.8 Å². The predicted octanol–water partition coefficient (Wildman–Crippen LogP) is 4.10. The van der Waals surface area contributed by atoms with Crippen LogP contribution < -0.4 is 14.9 Å². The number of hydrogen-bond acceptors (Lipinski definition) is 8. The number of rotatable bonds is 4. The molecular weight excluding hydrogens is 440 g/mol. The van der Waals surface area contributed by atoms with Crippen LogP contribution in [0.15, 0.2) is 51.8 Å². The van der Waals surface area contributed by atoms with Crippen molar-refractivity contribution in [2.75, 3.05) is 7.11 Å². The molecule has 0 spiro atoms. The number of aromatic hydroxyl groups is 2. The Morgan fingerprint density at radius 2 is 1.91 bits per heavy atom. The molecule has 2 aromatic carbocycles. The third kappa shape index (κ3) is 3.37. The van der Waals surface area contributed by atoms with Gasteiger partial charge in [-0.15, -0.1) is 0 Å². The second-order valence-corrected chi connectivity index (χ2v) is 8.40. The second kappa shape index (κ2) is 7.95. The summed E-state index contributed by atoms with van der Waals surface area (Å²) in [4.78, 5) is 25.5. The number of fused-ring (bicyclic) bond motifs is 3. The van der Waals surface area contributed by atoms with Crippen molar-refractivity contribution < 1.29 is 28.9 Å². The summed E-state index contributed by atoms with van der Waals surface area (Å²) in [5.74, 6) is -0.864. The van der Waals surface area contributed by atoms with Crippen LogP contribution in [0.2, 0.25) is 0 Å². The van der Waals surface area contributed by atoms with E-state index in [-0.39, 0.29) is 52.2 Å². The number of hydrogen-bond donors (Lipinski definition) is 2. The van der Waals surface area contributed by atoms with Crippen molar-refractivity contribution in [1.29, 1.82) is 0 Å². The maximum atomic E-state index is 13.1. The maximum absolute atomic E-state index is 13.1. The molecule has 4 aromatic rings. The van der Waals surface area contributed by atoms with Crippen molar-refractivity contribution in [3.63, 3.8) is 0 Å². The molecule has 174 valence electrons. The highest BCUT2D eigenvalue weighted by Gasteiger charge is 2.35. The predicted molar refractivity (Wildman–Crippen MR) is 123 cm³/mol. The van der Waals surface area contributed by atoms with Gasteiger partial charge in [0.1, 0.15) is 28.2 Å². The summed E-state index contributed by atoms with van der Waals surface area (Å²) in [7, 11) is 1.43. The van der Waals surface area contributed by atoms with E-state index in [0.717, 1.165) is 5.69 Å². The molecular formula is C25H22N2O7. The third-order valence-electron chi connectivity index (χ3n) is 5.94. The monoisotopic (exact) mass is 462 g/mol. The average Bonchev–Trinajstić information content (AvgIpc) is 3.28. The number of carbonyl (C=O) groups is 1. The van der Waals surface area contributed by atoms with E-state index in [0.29, 0.717) is 11.1 Å². The highest BCUT2D eigenvalue weighted by Crippen LogP contribution is 2.46. The van der Waals surface area contributed by atoms with Crippen LogP contribution in [0.1, 0.15) is 43.5 Å². The molecule has 2 aromatic heterocycles. The first-order chi connectivity index (χ1) is 16.3. The summed E-state index contributed by atoms with van der Waals surface area (Å²) in [6, 6.07) is 8.98. The summed E-state index contributed by atoms with van der Waals surface area (Å²) in [5, 5.41) is 25.2. The van der Waals surface area contributed by atoms with Gasteiger partial charge in [0.25, 0.3) is 0 Å². The zero-order chi connectivity index (χ0) is 24.1. The van der Waals surface area contributed by atoms with Crippen LogP contribution in [-0.4, -0.2) is 33.1 Å². The standard InChI is InChI=1S/C25H22N2O7/c1-12(2)27-15(6-7-26-27)14-9-22(31)33-21-11-18(30)24-17(29)10-20(34-25(24)23(14)21)13-4-5-19(32-3)16(28)8-13/h4-8,10-12,14,28,30H,9H2,1-3H3. The van der Waals surface area contributed by atoms with Crippen molar-refractivity contribution in [3.05, 3.63) is 64.1 Å². The van der Waals surface area contributed by atoms with Gasteiger partial charge in [-0.05, 0) is 38.1 Å². The Kier molecular flexibility index (Phi) is 5.04. The first-order valence-electron chi connectivity index (χ1n) is 10.7. The molecule has 2 N–H and O–H groups in total. The third-order valence-corrected chi connectivity index (χ3v) is 5.94. The number of ether oxygens (including phenoxy) is 2. The Labute approximate surface area is 193 Å². The lowest BCUT2D eigenvalue weighted by Gasteiger charge is -2.27. The number of esters is 1. The van der Waals surface area contributed by atoms with Crippen LogP contribution in [0.25, 0.3) is 22.3 Å². The Hall–Kier alpha value is -4.27. The van der Waals surface area contributed by atoms with Gasteiger partial charge < -0.3 is 24.1 Å². The number of methoxy groups -OCH3 is 1. The van der Waals surface area contributed by atoms with E-state index in [1.807, 2.05) is 19.9 Å². The van der Waals surface area contributed by atoms with Gasteiger partial charge in [0.05, 0.1) is 13.5 Å². The molecule has 1 aliphatic rings. The molecule has 0 saturated heterocycles. The van der Waals surface area contributed by atoms with Crippen molar-refractivity contribution in [2.24, 2.45) is 0 Å². The molecule has 3 heterocycles. The largest absolute Gasteiger partial charge is 0.507 e. The Morgan fingerprint density at radius 3 is 2.62 bits per heavy atom. The Balaban J connectivity index is 1.80. The normalized spacial score (nSPS) is 15.4. The lowest BCUT2D eigenvalue weighted by atomic mass is 9.87. The number of phenolic OH excluding ortho intramolecular Hbond substituents is 2. The molecule has 1 aliphatic heterocycles. The lowest BCUT2D eigenvalue weighted by Crippen LogP contribution is -2.24. The highest BCUT2D eigenvalue weighted by atomic mass is 16.5. The minimum Gasteiger partial charge on any atom is -0.507 e. The quantitative estimate of drug-likeness (QED) is 0.343. The molecule has 0 fully saturated rings. The van der Waals surface area contributed by atoms with Crippen molar-refractivity contribution in [2.45, 2.75) is 32.2 Å². The number of nitrogens with zero attached hydrogens (tertiary/aromatic N) is 2. The minimum absolute atomic E-state index is 0.0150. The van der Waals surface area contributed by atoms with E-state index < -0.39 is 17.3 Å². The van der Waals surface area contributed by atoms with Gasteiger partial charge in [-0.1, -0.05) is 0 Å². The van der Waals surface area contributed by atoms with Gasteiger partial charge >= 0.3 is 5.97 Å². The van der Waals surface area contributed by atoms with Crippen LogP contribution in [0.4, 0.5) is 0 Å². The van der Waals surface area contributed by atoms with E-state index >= 15 is 0 Å². The van der Waals surface area contributed by atoms with Crippen LogP contribution in [0.3, 0.4) is 0 Å². The maximum Gasteiger partial charge on any atom is 0.312 e. The molecule has 9 nitrogen and oxygen atoms in total. The highest BCUT2D eigenvalue weighted by molar-refractivity contribution is 5.93. The van der Waals surface area contributed by atoms with Gasteiger partial charge in [-0.25, -0.2) is 0 Å². The van der Waals surface area contributed by atoms with Gasteiger partial charge in [0, 0.05) is 47.1 Å². The number of benzene rings is 2. The number of aromatic nitrogens is 2. The Morgan fingerprint density at radius 1 is 1.12 bits per heavy atom. The molecule has 34 heavy (non-hydrogen) atoms. The molecule has 1 atom stereocenters. The zero-order valence-electron chi connectivity index (χ0n) is 18.7. The number of phenols is 2. The van der Waals surface area contributed by atoms with Gasteiger partial charge in [-0.2, -0.15) is 5.10 Å². The average molecular weight is 462 g/mol. The van der Waals surface area contributed by atoms with Gasteiger partial charge in [-0.3, -0.25) is 14.3 Å². The van der Waals surface area contributed by atoms with E-state index in [4.69, 9.17) is 13.9 Å². The first-order valence-corrected chi connectivity index (χ1v) is 10.7. The fourth-order valence-corrected chi connectivity index (χ4v) is 4.43. The van der Waals surface area contributed by atoms with Crippen LogP contribution in [0, 0.1) is 0 Å². The second-order valence-electron chi connectivity index (χ2n) is 8.40. The van der Waals surface area contributed by atoms with Gasteiger partial charge in [0.2, 0.25) is 0 Å². The summed E-state index contributed by atoms with van der Waals surface area (Å²) >= 11 is 0.